The number of nitrogens with one attached hydrogen (secondary N) is 1. The van der Waals surface area contributed by atoms with E-state index in [-0.39, 0.29) is 18.2 Å². The molecule has 2 aromatic rings. The van der Waals surface area contributed by atoms with Gasteiger partial charge in [0.25, 0.3) is 0 Å². The van der Waals surface area contributed by atoms with E-state index in [0.717, 1.165) is 18.2 Å². The van der Waals surface area contributed by atoms with Gasteiger partial charge in [0.1, 0.15) is 5.82 Å². The SMILES string of the molecule is CC(CCCO)Nc1ncc(C(=O)O)c2ccccc12. The number of aliphatic hydroxyl groups is 1. The lowest BCUT2D eigenvalue weighted by atomic mass is 10.1. The van der Waals surface area contributed by atoms with E-state index in [4.69, 9.17) is 5.11 Å². The highest BCUT2D eigenvalue weighted by Crippen LogP contribution is 2.25. The molecule has 0 radical (unpaired) electrons. The zero-order valence-corrected chi connectivity index (χ0v) is 11.3. The molecular weight excluding hydrogens is 256 g/mol. The molecule has 5 heteroatoms. The van der Waals surface area contributed by atoms with Crippen LogP contribution in [0.4, 0.5) is 5.82 Å². The normalized spacial score (nSPS) is 12.3. The van der Waals surface area contributed by atoms with Crippen LogP contribution >= 0.6 is 0 Å². The van der Waals surface area contributed by atoms with Crippen molar-refractivity contribution in [3.05, 3.63) is 36.0 Å². The highest BCUT2D eigenvalue weighted by Gasteiger charge is 2.13. The van der Waals surface area contributed by atoms with Crippen molar-refractivity contribution in [2.75, 3.05) is 11.9 Å². The molecule has 0 aliphatic heterocycles. The zero-order valence-electron chi connectivity index (χ0n) is 11.3. The van der Waals surface area contributed by atoms with Gasteiger partial charge in [0.15, 0.2) is 0 Å². The summed E-state index contributed by atoms with van der Waals surface area (Å²) in [6.07, 6.45) is 2.93. The summed E-state index contributed by atoms with van der Waals surface area (Å²) in [6, 6.07) is 7.47. The number of benzene rings is 1. The van der Waals surface area contributed by atoms with Crippen LogP contribution in [0.2, 0.25) is 0 Å². The summed E-state index contributed by atoms with van der Waals surface area (Å²) in [5, 5.41) is 22.8. The summed E-state index contributed by atoms with van der Waals surface area (Å²) in [6.45, 7) is 2.18. The molecule has 5 nitrogen and oxygen atoms in total. The standard InChI is InChI=1S/C15H18N2O3/c1-10(5-4-8-18)17-14-12-7-3-2-6-11(12)13(9-16-14)15(19)20/h2-3,6-7,9-10,18H,4-5,8H2,1H3,(H,16,17)(H,19,20). The molecule has 1 aromatic carbocycles. The van der Waals surface area contributed by atoms with Gasteiger partial charge in [0, 0.05) is 29.6 Å². The lowest BCUT2D eigenvalue weighted by Crippen LogP contribution is -2.17. The summed E-state index contributed by atoms with van der Waals surface area (Å²) in [5.74, 6) is -0.301. The number of carboxylic acid groups (broad SMARTS) is 1. The molecular formula is C15H18N2O3. The Labute approximate surface area is 117 Å². The Kier molecular flexibility index (Phi) is 4.53. The summed E-state index contributed by atoms with van der Waals surface area (Å²) < 4.78 is 0. The first-order chi connectivity index (χ1) is 9.63. The van der Waals surface area contributed by atoms with Gasteiger partial charge in [-0.25, -0.2) is 9.78 Å². The largest absolute Gasteiger partial charge is 0.478 e. The number of pyridine rings is 1. The molecule has 1 atom stereocenters. The fourth-order valence-electron chi connectivity index (χ4n) is 2.18. The number of carboxylic acids is 1. The van der Waals surface area contributed by atoms with Gasteiger partial charge in [-0.1, -0.05) is 24.3 Å². The maximum absolute atomic E-state index is 11.2. The molecule has 106 valence electrons. The second-order valence-electron chi connectivity index (χ2n) is 4.78. The molecule has 0 saturated heterocycles. The highest BCUT2D eigenvalue weighted by atomic mass is 16.4. The van der Waals surface area contributed by atoms with E-state index in [1.54, 1.807) is 6.07 Å². The summed E-state index contributed by atoms with van der Waals surface area (Å²) >= 11 is 0. The van der Waals surface area contributed by atoms with Gasteiger partial charge >= 0.3 is 5.97 Å². The van der Waals surface area contributed by atoms with Crippen LogP contribution in [0.5, 0.6) is 0 Å². The van der Waals surface area contributed by atoms with Gasteiger partial charge in [-0.2, -0.15) is 0 Å². The fourth-order valence-corrected chi connectivity index (χ4v) is 2.18. The van der Waals surface area contributed by atoms with E-state index < -0.39 is 5.97 Å². The quantitative estimate of drug-likeness (QED) is 0.754. The van der Waals surface area contributed by atoms with Crippen molar-refractivity contribution >= 4 is 22.6 Å². The number of carbonyl (C=O) groups is 1. The summed E-state index contributed by atoms with van der Waals surface area (Å²) in [5.41, 5.74) is 0.203. The number of hydrogen-bond donors (Lipinski definition) is 3. The number of hydrogen-bond acceptors (Lipinski definition) is 4. The molecule has 0 aliphatic rings. The smallest absolute Gasteiger partial charge is 0.337 e. The molecule has 2 rings (SSSR count). The number of nitrogens with zero attached hydrogens (tertiary/aromatic N) is 1. The maximum Gasteiger partial charge on any atom is 0.337 e. The van der Waals surface area contributed by atoms with Crippen molar-refractivity contribution in [1.29, 1.82) is 0 Å². The van der Waals surface area contributed by atoms with Gasteiger partial charge in [0.05, 0.1) is 5.56 Å². The molecule has 0 saturated carbocycles. The molecule has 0 amide bonds. The van der Waals surface area contributed by atoms with Gasteiger partial charge < -0.3 is 15.5 Å². The minimum atomic E-state index is -0.978. The summed E-state index contributed by atoms with van der Waals surface area (Å²) in [4.78, 5) is 15.4. The van der Waals surface area contributed by atoms with Gasteiger partial charge in [0.2, 0.25) is 0 Å². The van der Waals surface area contributed by atoms with Crippen molar-refractivity contribution in [3.8, 4) is 0 Å². The van der Waals surface area contributed by atoms with Gasteiger partial charge in [-0.15, -0.1) is 0 Å². The van der Waals surface area contributed by atoms with Crippen LogP contribution in [0.1, 0.15) is 30.1 Å². The lowest BCUT2D eigenvalue weighted by molar-refractivity contribution is 0.0698. The zero-order chi connectivity index (χ0) is 14.5. The molecule has 0 bridgehead atoms. The van der Waals surface area contributed by atoms with Crippen LogP contribution in [-0.2, 0) is 0 Å². The van der Waals surface area contributed by atoms with Crippen LogP contribution in [0.3, 0.4) is 0 Å². The van der Waals surface area contributed by atoms with E-state index in [1.807, 2.05) is 25.1 Å². The molecule has 1 heterocycles. The third kappa shape index (κ3) is 3.05. The number of fused-ring (bicyclic) bond motifs is 1. The predicted molar refractivity (Wildman–Crippen MR) is 78.1 cm³/mol. The van der Waals surface area contributed by atoms with E-state index in [9.17, 15) is 9.90 Å². The van der Waals surface area contributed by atoms with Crippen molar-refractivity contribution < 1.29 is 15.0 Å². The Bertz CT molecular complexity index is 613. The van der Waals surface area contributed by atoms with E-state index >= 15 is 0 Å². The van der Waals surface area contributed by atoms with Gasteiger partial charge in [-0.3, -0.25) is 0 Å². The molecule has 0 aliphatic carbocycles. The van der Waals surface area contributed by atoms with Crippen molar-refractivity contribution in [1.82, 2.24) is 4.98 Å². The van der Waals surface area contributed by atoms with Crippen molar-refractivity contribution in [3.63, 3.8) is 0 Å². The minimum absolute atomic E-state index is 0.161. The number of aromatic carboxylic acids is 1. The van der Waals surface area contributed by atoms with E-state index in [1.165, 1.54) is 6.20 Å². The van der Waals surface area contributed by atoms with Gasteiger partial charge in [-0.05, 0) is 19.8 Å². The van der Waals surface area contributed by atoms with Crippen LogP contribution in [0.25, 0.3) is 10.8 Å². The molecule has 0 spiro atoms. The van der Waals surface area contributed by atoms with E-state index in [0.29, 0.717) is 11.2 Å². The number of aromatic nitrogens is 1. The Hall–Kier alpha value is -2.14. The first-order valence-corrected chi connectivity index (χ1v) is 6.62. The second kappa shape index (κ2) is 6.34. The topological polar surface area (TPSA) is 82.5 Å². The Balaban J connectivity index is 2.35. The number of aliphatic hydroxyl groups excluding tert-OH is 1. The Morgan fingerprint density at radius 1 is 1.35 bits per heavy atom. The third-order valence-electron chi connectivity index (χ3n) is 3.20. The van der Waals surface area contributed by atoms with Crippen molar-refractivity contribution in [2.24, 2.45) is 0 Å². The Morgan fingerprint density at radius 2 is 2.05 bits per heavy atom. The third-order valence-corrected chi connectivity index (χ3v) is 3.20. The van der Waals surface area contributed by atoms with Crippen LogP contribution in [-0.4, -0.2) is 33.8 Å². The molecule has 1 unspecified atom stereocenters. The van der Waals surface area contributed by atoms with Crippen LogP contribution < -0.4 is 5.32 Å². The molecule has 0 fully saturated rings. The second-order valence-corrected chi connectivity index (χ2v) is 4.78. The minimum Gasteiger partial charge on any atom is -0.478 e. The number of rotatable bonds is 6. The molecule has 1 aromatic heterocycles. The first-order valence-electron chi connectivity index (χ1n) is 6.62. The maximum atomic E-state index is 11.2. The lowest BCUT2D eigenvalue weighted by Gasteiger charge is -2.16. The van der Waals surface area contributed by atoms with Crippen LogP contribution in [0.15, 0.2) is 30.5 Å². The van der Waals surface area contributed by atoms with E-state index in [2.05, 4.69) is 10.3 Å². The van der Waals surface area contributed by atoms with Crippen molar-refractivity contribution in [2.45, 2.75) is 25.8 Å². The molecule has 20 heavy (non-hydrogen) atoms. The van der Waals surface area contributed by atoms with Crippen LogP contribution in [0, 0.1) is 0 Å². The average Bonchev–Trinajstić information content (AvgIpc) is 2.45. The number of anilines is 1. The summed E-state index contributed by atoms with van der Waals surface area (Å²) in [7, 11) is 0. The Morgan fingerprint density at radius 3 is 2.70 bits per heavy atom. The molecule has 3 N–H and O–H groups in total. The first kappa shape index (κ1) is 14.3. The predicted octanol–water partition coefficient (Wildman–Crippen LogP) is 2.51. The average molecular weight is 274 g/mol. The monoisotopic (exact) mass is 274 g/mol. The fraction of sp³-hybridized carbons (Fsp3) is 0.333. The highest BCUT2D eigenvalue weighted by molar-refractivity contribution is 6.06.